The molecule has 3 aromatic rings. The Bertz CT molecular complexity index is 895. The van der Waals surface area contributed by atoms with Crippen molar-refractivity contribution in [2.75, 3.05) is 0 Å². The summed E-state index contributed by atoms with van der Waals surface area (Å²) in [6.45, 7) is 2.01. The zero-order chi connectivity index (χ0) is 15.5. The van der Waals surface area contributed by atoms with Gasteiger partial charge in [-0.25, -0.2) is 5.10 Å². The third-order valence-electron chi connectivity index (χ3n) is 3.23. The monoisotopic (exact) mass is 310 g/mol. The number of aromatic nitrogens is 3. The number of aromatic hydroxyl groups is 1. The highest BCUT2D eigenvalue weighted by molar-refractivity contribution is 7.71. The van der Waals surface area contributed by atoms with Crippen molar-refractivity contribution in [2.24, 2.45) is 5.10 Å². The smallest absolute Gasteiger partial charge is 0.216 e. The number of hydrogen-bond donors (Lipinski definition) is 2. The molecule has 0 fully saturated rings. The van der Waals surface area contributed by atoms with Gasteiger partial charge in [-0.1, -0.05) is 36.4 Å². The Balaban J connectivity index is 2.04. The van der Waals surface area contributed by atoms with Crippen LogP contribution in [0.5, 0.6) is 5.75 Å². The van der Waals surface area contributed by atoms with Crippen LogP contribution in [0.4, 0.5) is 0 Å². The molecule has 0 saturated carbocycles. The number of rotatable bonds is 3. The topological polar surface area (TPSA) is 66.2 Å². The Morgan fingerprint density at radius 3 is 2.82 bits per heavy atom. The predicted molar refractivity (Wildman–Crippen MR) is 88.7 cm³/mol. The molecular weight excluding hydrogens is 296 g/mol. The minimum Gasteiger partial charge on any atom is -0.508 e. The van der Waals surface area contributed by atoms with E-state index in [0.29, 0.717) is 10.6 Å². The number of aryl methyl sites for hydroxylation is 1. The zero-order valence-electron chi connectivity index (χ0n) is 11.9. The Hall–Kier alpha value is -2.73. The molecule has 0 aliphatic heterocycles. The summed E-state index contributed by atoms with van der Waals surface area (Å²) in [5, 5.41) is 20.9. The van der Waals surface area contributed by atoms with Crippen LogP contribution in [0, 0.1) is 11.7 Å². The quantitative estimate of drug-likeness (QED) is 0.575. The number of phenolic OH excluding ortho intramolecular Hbond substituents is 1. The molecule has 0 radical (unpaired) electrons. The summed E-state index contributed by atoms with van der Waals surface area (Å²) in [5.41, 5.74) is 2.83. The van der Waals surface area contributed by atoms with Crippen LogP contribution in [-0.4, -0.2) is 26.2 Å². The van der Waals surface area contributed by atoms with Crippen molar-refractivity contribution in [1.29, 1.82) is 0 Å². The second-order valence-corrected chi connectivity index (χ2v) is 5.21. The van der Waals surface area contributed by atoms with Crippen molar-refractivity contribution in [1.82, 2.24) is 14.9 Å². The van der Waals surface area contributed by atoms with Gasteiger partial charge in [0, 0.05) is 5.56 Å². The molecule has 2 aromatic carbocycles. The molecule has 22 heavy (non-hydrogen) atoms. The lowest BCUT2D eigenvalue weighted by Gasteiger charge is -2.04. The SMILES string of the molecule is Cc1ccccc1-c1n[nH]c(=S)n1/N=C/c1cccc(O)c1. The van der Waals surface area contributed by atoms with Gasteiger partial charge < -0.3 is 5.11 Å². The maximum absolute atomic E-state index is 9.49. The Morgan fingerprint density at radius 2 is 2.05 bits per heavy atom. The van der Waals surface area contributed by atoms with Gasteiger partial charge in [-0.15, -0.1) is 0 Å². The fourth-order valence-electron chi connectivity index (χ4n) is 2.13. The molecule has 0 atom stereocenters. The molecule has 5 nitrogen and oxygen atoms in total. The van der Waals surface area contributed by atoms with Gasteiger partial charge in [0.15, 0.2) is 5.82 Å². The average molecular weight is 310 g/mol. The molecule has 6 heteroatoms. The van der Waals surface area contributed by atoms with E-state index in [1.807, 2.05) is 37.3 Å². The summed E-state index contributed by atoms with van der Waals surface area (Å²) < 4.78 is 1.98. The molecule has 0 amide bonds. The Kier molecular flexibility index (Phi) is 3.84. The molecule has 0 aliphatic rings. The van der Waals surface area contributed by atoms with E-state index in [0.717, 1.165) is 16.7 Å². The lowest BCUT2D eigenvalue weighted by Crippen LogP contribution is -1.96. The molecule has 2 N–H and O–H groups in total. The van der Waals surface area contributed by atoms with Crippen LogP contribution >= 0.6 is 12.2 Å². The highest BCUT2D eigenvalue weighted by Gasteiger charge is 2.09. The minimum absolute atomic E-state index is 0.193. The predicted octanol–water partition coefficient (Wildman–Crippen LogP) is 3.50. The molecule has 0 bridgehead atoms. The van der Waals surface area contributed by atoms with Crippen molar-refractivity contribution in [3.8, 4) is 17.1 Å². The van der Waals surface area contributed by atoms with Gasteiger partial charge in [0.05, 0.1) is 6.21 Å². The number of benzene rings is 2. The largest absolute Gasteiger partial charge is 0.508 e. The molecule has 0 aliphatic carbocycles. The first-order valence-electron chi connectivity index (χ1n) is 6.72. The molecule has 0 unspecified atom stereocenters. The highest BCUT2D eigenvalue weighted by Crippen LogP contribution is 2.21. The lowest BCUT2D eigenvalue weighted by molar-refractivity contribution is 0.475. The second kappa shape index (κ2) is 5.95. The van der Waals surface area contributed by atoms with Gasteiger partial charge in [0.25, 0.3) is 0 Å². The molecule has 3 rings (SSSR count). The number of aromatic amines is 1. The first-order chi connectivity index (χ1) is 10.6. The Morgan fingerprint density at radius 1 is 1.23 bits per heavy atom. The lowest BCUT2D eigenvalue weighted by atomic mass is 10.1. The van der Waals surface area contributed by atoms with E-state index in [9.17, 15) is 5.11 Å². The first kappa shape index (κ1) is 14.2. The maximum atomic E-state index is 9.49. The molecule has 0 spiro atoms. The summed E-state index contributed by atoms with van der Waals surface area (Å²) >= 11 is 5.24. The fraction of sp³-hybridized carbons (Fsp3) is 0.0625. The van der Waals surface area contributed by atoms with Crippen LogP contribution in [0.15, 0.2) is 53.6 Å². The van der Waals surface area contributed by atoms with Crippen LogP contribution in [-0.2, 0) is 0 Å². The number of H-pyrrole nitrogens is 1. The maximum Gasteiger partial charge on any atom is 0.216 e. The van der Waals surface area contributed by atoms with Gasteiger partial charge in [0.2, 0.25) is 4.77 Å². The van der Waals surface area contributed by atoms with Crippen LogP contribution in [0.2, 0.25) is 0 Å². The molecule has 110 valence electrons. The summed E-state index contributed by atoms with van der Waals surface area (Å²) in [7, 11) is 0. The normalized spacial score (nSPS) is 11.1. The van der Waals surface area contributed by atoms with Crippen LogP contribution in [0.1, 0.15) is 11.1 Å². The van der Waals surface area contributed by atoms with E-state index in [1.165, 1.54) is 0 Å². The number of nitrogens with zero attached hydrogens (tertiary/aromatic N) is 3. The Labute approximate surface area is 132 Å². The van der Waals surface area contributed by atoms with E-state index < -0.39 is 0 Å². The van der Waals surface area contributed by atoms with Crippen molar-refractivity contribution < 1.29 is 5.11 Å². The van der Waals surface area contributed by atoms with Crippen LogP contribution in [0.3, 0.4) is 0 Å². The average Bonchev–Trinajstić information content (AvgIpc) is 2.87. The summed E-state index contributed by atoms with van der Waals surface area (Å²) in [4.78, 5) is 0. The van der Waals surface area contributed by atoms with Gasteiger partial charge in [0.1, 0.15) is 5.75 Å². The van der Waals surface area contributed by atoms with E-state index in [2.05, 4.69) is 15.3 Å². The summed E-state index contributed by atoms with van der Waals surface area (Å²) in [6.07, 6.45) is 1.63. The number of phenols is 1. The van der Waals surface area contributed by atoms with Crippen molar-refractivity contribution in [2.45, 2.75) is 6.92 Å². The van der Waals surface area contributed by atoms with Crippen LogP contribution < -0.4 is 0 Å². The zero-order valence-corrected chi connectivity index (χ0v) is 12.7. The standard InChI is InChI=1S/C16H14N4OS/c1-11-5-2-3-8-14(11)15-18-19-16(22)20(15)17-10-12-6-4-7-13(21)9-12/h2-10,21H,1H3,(H,19,22)/b17-10+. The summed E-state index contributed by atoms with van der Waals surface area (Å²) in [5.74, 6) is 0.846. The van der Waals surface area contributed by atoms with E-state index in [4.69, 9.17) is 12.2 Å². The number of hydrogen-bond acceptors (Lipinski definition) is 4. The van der Waals surface area contributed by atoms with Crippen molar-refractivity contribution >= 4 is 18.4 Å². The van der Waals surface area contributed by atoms with Gasteiger partial charge >= 0.3 is 0 Å². The van der Waals surface area contributed by atoms with Crippen LogP contribution in [0.25, 0.3) is 11.4 Å². The van der Waals surface area contributed by atoms with Gasteiger partial charge in [-0.05, 0) is 42.4 Å². The second-order valence-electron chi connectivity index (χ2n) is 4.82. The third-order valence-corrected chi connectivity index (χ3v) is 3.49. The molecule has 1 heterocycles. The van der Waals surface area contributed by atoms with E-state index in [-0.39, 0.29) is 5.75 Å². The molecule has 0 saturated heterocycles. The van der Waals surface area contributed by atoms with E-state index in [1.54, 1.807) is 29.1 Å². The summed E-state index contributed by atoms with van der Waals surface area (Å²) in [6, 6.07) is 14.7. The van der Waals surface area contributed by atoms with Crippen molar-refractivity contribution in [3.05, 3.63) is 64.4 Å². The molecule has 1 aromatic heterocycles. The fourth-order valence-corrected chi connectivity index (χ4v) is 2.31. The highest BCUT2D eigenvalue weighted by atomic mass is 32.1. The van der Waals surface area contributed by atoms with E-state index >= 15 is 0 Å². The minimum atomic E-state index is 0.193. The third kappa shape index (κ3) is 2.82. The van der Waals surface area contributed by atoms with Crippen molar-refractivity contribution in [3.63, 3.8) is 0 Å². The first-order valence-corrected chi connectivity index (χ1v) is 7.13. The van der Waals surface area contributed by atoms with Gasteiger partial charge in [-0.3, -0.25) is 0 Å². The molecular formula is C16H14N4OS. The number of nitrogens with one attached hydrogen (secondary N) is 1. The van der Waals surface area contributed by atoms with Gasteiger partial charge in [-0.2, -0.15) is 14.9 Å².